The van der Waals surface area contributed by atoms with Gasteiger partial charge in [-0.3, -0.25) is 4.98 Å². The van der Waals surface area contributed by atoms with Gasteiger partial charge in [-0.25, -0.2) is 18.4 Å². The highest BCUT2D eigenvalue weighted by molar-refractivity contribution is 6.74. The molecular weight excluding hydrogens is 643 g/mol. The van der Waals surface area contributed by atoms with E-state index in [2.05, 4.69) is 78.9 Å². The molecule has 7 nitrogen and oxygen atoms in total. The van der Waals surface area contributed by atoms with Crippen molar-refractivity contribution in [2.45, 2.75) is 116 Å². The van der Waals surface area contributed by atoms with E-state index in [0.717, 1.165) is 41.9 Å². The fourth-order valence-corrected chi connectivity index (χ4v) is 7.74. The molecule has 260 valence electrons. The molecule has 0 radical (unpaired) electrons. The summed E-state index contributed by atoms with van der Waals surface area (Å²) < 4.78 is 47.0. The van der Waals surface area contributed by atoms with Crippen molar-refractivity contribution < 1.29 is 22.4 Å². The van der Waals surface area contributed by atoms with Gasteiger partial charge in [0.2, 0.25) is 0 Å². The molecule has 48 heavy (non-hydrogen) atoms. The van der Waals surface area contributed by atoms with Gasteiger partial charge in [-0.15, -0.1) is 0 Å². The van der Waals surface area contributed by atoms with Crippen LogP contribution in [0.4, 0.5) is 8.78 Å². The molecule has 1 aliphatic rings. The highest BCUT2D eigenvalue weighted by Crippen LogP contribution is 2.42. The Labute approximate surface area is 286 Å². The number of nitrogens with zero attached hydrogens (tertiary/aromatic N) is 4. The van der Waals surface area contributed by atoms with Gasteiger partial charge in [0.05, 0.1) is 35.1 Å². The Kier molecular flexibility index (Phi) is 10.4. The fraction of sp³-hybridized carbons (Fsp3) is 0.541. The number of halogens is 2. The minimum Gasteiger partial charge on any atom is -0.487 e. The van der Waals surface area contributed by atoms with E-state index in [9.17, 15) is 8.78 Å². The van der Waals surface area contributed by atoms with Gasteiger partial charge in [-0.1, -0.05) is 53.7 Å². The van der Waals surface area contributed by atoms with E-state index >= 15 is 0 Å². The van der Waals surface area contributed by atoms with Gasteiger partial charge in [0.25, 0.3) is 6.43 Å². The van der Waals surface area contributed by atoms with Crippen LogP contribution in [0.3, 0.4) is 0 Å². The molecule has 11 heteroatoms. The highest BCUT2D eigenvalue weighted by Gasteiger charge is 2.42. The summed E-state index contributed by atoms with van der Waals surface area (Å²) in [5.74, 6) is 1.47. The second-order valence-corrected chi connectivity index (χ2v) is 25.8. The summed E-state index contributed by atoms with van der Waals surface area (Å²) in [6.45, 7) is 22.2. The second kappa shape index (κ2) is 13.7. The van der Waals surface area contributed by atoms with Crippen LogP contribution in [-0.2, 0) is 21.9 Å². The molecule has 1 fully saturated rings. The number of fused-ring (bicyclic) bond motifs is 1. The number of pyridine rings is 2. The van der Waals surface area contributed by atoms with E-state index in [1.807, 2.05) is 36.4 Å². The Hall–Kier alpha value is -3.00. The van der Waals surface area contributed by atoms with Crippen molar-refractivity contribution in [1.29, 1.82) is 0 Å². The number of ether oxygens (including phenoxy) is 1. The normalized spacial score (nSPS) is 17.6. The minimum absolute atomic E-state index is 0.0819. The third-order valence-corrected chi connectivity index (χ3v) is 19.5. The number of hydrogen-bond donors (Lipinski definition) is 0. The lowest BCUT2D eigenvalue weighted by Crippen LogP contribution is -2.47. The topological polar surface area (TPSA) is 71.3 Å². The molecule has 1 aromatic carbocycles. The summed E-state index contributed by atoms with van der Waals surface area (Å²) in [7, 11) is -3.76. The first kappa shape index (κ1) is 36.3. The van der Waals surface area contributed by atoms with Crippen molar-refractivity contribution in [2.24, 2.45) is 5.92 Å². The maximum absolute atomic E-state index is 13.3. The third-order valence-electron chi connectivity index (χ3n) is 10.5. The second-order valence-electron chi connectivity index (χ2n) is 16.3. The zero-order valence-electron chi connectivity index (χ0n) is 30.2. The highest BCUT2D eigenvalue weighted by atomic mass is 28.4. The zero-order valence-corrected chi connectivity index (χ0v) is 32.2. The Morgan fingerprint density at radius 3 is 2.21 bits per heavy atom. The molecule has 0 amide bonds. The SMILES string of the molecule is CC(C)(C)[Si](C)(C)OCc1cccc(-n2ncc3c(OCC(F)F)cc(-c4cccc(CC5CC(O[Si](C)(C)C(C)(C)C)C5)n4)cc32)n1. The van der Waals surface area contributed by atoms with Gasteiger partial charge in [0.1, 0.15) is 12.4 Å². The smallest absolute Gasteiger partial charge is 0.272 e. The van der Waals surface area contributed by atoms with Crippen molar-refractivity contribution >= 4 is 27.5 Å². The molecule has 0 atom stereocenters. The Bertz CT molecular complexity index is 1720. The lowest BCUT2D eigenvalue weighted by atomic mass is 9.79. The molecule has 1 aliphatic carbocycles. The lowest BCUT2D eigenvalue weighted by Gasteiger charge is -2.44. The summed E-state index contributed by atoms with van der Waals surface area (Å²) in [5.41, 5.74) is 4.02. The maximum Gasteiger partial charge on any atom is 0.272 e. The van der Waals surface area contributed by atoms with Gasteiger partial charge in [-0.2, -0.15) is 5.10 Å². The standard InChI is InChI=1S/C37H52F2N4O3Si2/c1-36(2,3)47(7,8)45-23-28-14-12-16-35(42-28)43-32-20-26(21-33(30(32)22-40-43)44-24-34(38)39)31-15-11-13-27(41-31)17-25-18-29(19-25)46-48(9,10)37(4,5)6/h11-16,20-22,25,29,34H,17-19,23-24H2,1-10H3. The molecule has 0 unspecified atom stereocenters. The average Bonchev–Trinajstić information content (AvgIpc) is 3.41. The molecule has 0 N–H and O–H groups in total. The van der Waals surface area contributed by atoms with Crippen LogP contribution < -0.4 is 4.74 Å². The molecule has 0 spiro atoms. The predicted octanol–water partition coefficient (Wildman–Crippen LogP) is 9.99. The summed E-state index contributed by atoms with van der Waals surface area (Å²) in [6.07, 6.45) is 2.31. The average molecular weight is 695 g/mol. The number of hydrogen-bond acceptors (Lipinski definition) is 6. The summed E-state index contributed by atoms with van der Waals surface area (Å²) in [4.78, 5) is 9.90. The van der Waals surface area contributed by atoms with Gasteiger partial charge < -0.3 is 13.6 Å². The first-order valence-electron chi connectivity index (χ1n) is 17.0. The van der Waals surface area contributed by atoms with Gasteiger partial charge in [0.15, 0.2) is 22.5 Å². The zero-order chi connectivity index (χ0) is 35.1. The number of aromatic nitrogens is 4. The van der Waals surface area contributed by atoms with Crippen LogP contribution in [0.2, 0.25) is 36.3 Å². The first-order valence-corrected chi connectivity index (χ1v) is 22.8. The number of benzene rings is 1. The molecule has 3 aromatic heterocycles. The van der Waals surface area contributed by atoms with Crippen molar-refractivity contribution in [3.05, 3.63) is 66.1 Å². The third kappa shape index (κ3) is 8.23. The van der Waals surface area contributed by atoms with Crippen molar-refractivity contribution in [3.8, 4) is 22.8 Å². The predicted molar refractivity (Wildman–Crippen MR) is 194 cm³/mol. The Balaban J connectivity index is 1.40. The van der Waals surface area contributed by atoms with E-state index < -0.39 is 29.7 Å². The number of rotatable bonds is 12. The molecule has 0 bridgehead atoms. The Morgan fingerprint density at radius 2 is 1.54 bits per heavy atom. The van der Waals surface area contributed by atoms with Crippen LogP contribution in [0, 0.1) is 5.92 Å². The summed E-state index contributed by atoms with van der Waals surface area (Å²) in [6, 6.07) is 15.6. The van der Waals surface area contributed by atoms with Crippen LogP contribution in [0.5, 0.6) is 5.75 Å². The van der Waals surface area contributed by atoms with Crippen molar-refractivity contribution in [1.82, 2.24) is 19.7 Å². The van der Waals surface area contributed by atoms with Crippen molar-refractivity contribution in [3.63, 3.8) is 0 Å². The van der Waals surface area contributed by atoms with Gasteiger partial charge in [0, 0.05) is 17.4 Å². The van der Waals surface area contributed by atoms with Crippen molar-refractivity contribution in [2.75, 3.05) is 6.61 Å². The first-order chi connectivity index (χ1) is 22.3. The van der Waals surface area contributed by atoms with E-state index in [4.69, 9.17) is 23.6 Å². The Morgan fingerprint density at radius 1 is 0.875 bits per heavy atom. The number of alkyl halides is 2. The fourth-order valence-electron chi connectivity index (χ4n) is 5.41. The molecule has 0 saturated heterocycles. The van der Waals surface area contributed by atoms with Crippen LogP contribution in [-0.4, -0.2) is 55.5 Å². The quantitative estimate of drug-likeness (QED) is 0.138. The molecule has 4 aromatic rings. The van der Waals surface area contributed by atoms with E-state index in [1.165, 1.54) is 0 Å². The summed E-state index contributed by atoms with van der Waals surface area (Å²) in [5, 5.41) is 5.53. The van der Waals surface area contributed by atoms with E-state index in [0.29, 0.717) is 41.1 Å². The van der Waals surface area contributed by atoms with Crippen LogP contribution in [0.15, 0.2) is 54.7 Å². The monoisotopic (exact) mass is 694 g/mol. The minimum atomic E-state index is -2.61. The van der Waals surface area contributed by atoms with E-state index in [1.54, 1.807) is 16.9 Å². The lowest BCUT2D eigenvalue weighted by molar-refractivity contribution is 0.0524. The maximum atomic E-state index is 13.3. The van der Waals surface area contributed by atoms with Crippen LogP contribution >= 0.6 is 0 Å². The van der Waals surface area contributed by atoms with Gasteiger partial charge in [-0.05, 0) is 97.8 Å². The molecule has 0 aliphatic heterocycles. The van der Waals surface area contributed by atoms with Crippen LogP contribution in [0.1, 0.15) is 65.8 Å². The molecule has 3 heterocycles. The summed E-state index contributed by atoms with van der Waals surface area (Å²) >= 11 is 0. The van der Waals surface area contributed by atoms with E-state index in [-0.39, 0.29) is 10.1 Å². The molecule has 5 rings (SSSR count). The molecular formula is C37H52F2N4O3Si2. The van der Waals surface area contributed by atoms with Crippen LogP contribution in [0.25, 0.3) is 28.0 Å². The molecule has 1 saturated carbocycles. The largest absolute Gasteiger partial charge is 0.487 e. The van der Waals surface area contributed by atoms with Gasteiger partial charge >= 0.3 is 0 Å².